The highest BCUT2D eigenvalue weighted by atomic mass is 32.2. The number of ether oxygens (including phenoxy) is 2. The Bertz CT molecular complexity index is 323. The van der Waals surface area contributed by atoms with E-state index in [9.17, 15) is 9.59 Å². The maximum absolute atomic E-state index is 11.7. The van der Waals surface area contributed by atoms with Gasteiger partial charge < -0.3 is 9.47 Å². The van der Waals surface area contributed by atoms with Crippen LogP contribution in [-0.2, 0) is 19.1 Å². The van der Waals surface area contributed by atoms with Gasteiger partial charge in [0.05, 0.1) is 6.42 Å². The SMILES string of the molecule is C=CC(=O)OCCC(=O)OC1(C)CSCCCCS1. The first-order valence-corrected chi connectivity index (χ1v) is 8.42. The summed E-state index contributed by atoms with van der Waals surface area (Å²) in [6, 6.07) is 0. The van der Waals surface area contributed by atoms with Gasteiger partial charge >= 0.3 is 11.9 Å². The fourth-order valence-electron chi connectivity index (χ4n) is 1.54. The number of hydrogen-bond donors (Lipinski definition) is 0. The molecule has 0 bridgehead atoms. The molecule has 1 saturated heterocycles. The van der Waals surface area contributed by atoms with Crippen molar-refractivity contribution in [1.82, 2.24) is 0 Å². The fraction of sp³-hybridized carbons (Fsp3) is 0.692. The molecule has 0 N–H and O–H groups in total. The van der Waals surface area contributed by atoms with Crippen LogP contribution < -0.4 is 0 Å². The van der Waals surface area contributed by atoms with E-state index in [0.717, 1.165) is 29.8 Å². The van der Waals surface area contributed by atoms with Crippen LogP contribution in [0.3, 0.4) is 0 Å². The summed E-state index contributed by atoms with van der Waals surface area (Å²) in [4.78, 5) is 22.1. The topological polar surface area (TPSA) is 52.6 Å². The number of carbonyl (C=O) groups is 2. The smallest absolute Gasteiger partial charge is 0.330 e. The zero-order valence-electron chi connectivity index (χ0n) is 11.2. The molecule has 19 heavy (non-hydrogen) atoms. The average Bonchev–Trinajstić information content (AvgIpc) is 2.34. The van der Waals surface area contributed by atoms with Crippen LogP contribution in [0.5, 0.6) is 0 Å². The van der Waals surface area contributed by atoms with Crippen LogP contribution in [-0.4, -0.2) is 40.7 Å². The molecule has 1 unspecified atom stereocenters. The van der Waals surface area contributed by atoms with Gasteiger partial charge in [0.2, 0.25) is 0 Å². The Labute approximate surface area is 122 Å². The molecule has 6 heteroatoms. The molecule has 0 aromatic rings. The normalized spacial score (nSPS) is 23.8. The molecule has 1 aliphatic rings. The lowest BCUT2D eigenvalue weighted by molar-refractivity contribution is -0.151. The van der Waals surface area contributed by atoms with Gasteiger partial charge in [-0.25, -0.2) is 4.79 Å². The van der Waals surface area contributed by atoms with Crippen molar-refractivity contribution in [1.29, 1.82) is 0 Å². The Hall–Kier alpha value is -0.620. The van der Waals surface area contributed by atoms with Crippen molar-refractivity contribution in [3.05, 3.63) is 12.7 Å². The largest absolute Gasteiger partial charge is 0.462 e. The highest BCUT2D eigenvalue weighted by Gasteiger charge is 2.30. The third kappa shape index (κ3) is 6.92. The highest BCUT2D eigenvalue weighted by Crippen LogP contribution is 2.34. The predicted octanol–water partition coefficient (Wildman–Crippen LogP) is 2.63. The summed E-state index contributed by atoms with van der Waals surface area (Å²) < 4.78 is 10.3. The summed E-state index contributed by atoms with van der Waals surface area (Å²) in [7, 11) is 0. The van der Waals surface area contributed by atoms with E-state index in [0.29, 0.717) is 0 Å². The Morgan fingerprint density at radius 1 is 1.37 bits per heavy atom. The van der Waals surface area contributed by atoms with E-state index >= 15 is 0 Å². The maximum Gasteiger partial charge on any atom is 0.330 e. The molecule has 1 rings (SSSR count). The number of carbonyl (C=O) groups excluding carboxylic acids is 2. The molecule has 0 amide bonds. The van der Waals surface area contributed by atoms with E-state index in [2.05, 4.69) is 6.58 Å². The van der Waals surface area contributed by atoms with Crippen LogP contribution in [0.4, 0.5) is 0 Å². The second kappa shape index (κ2) is 8.53. The molecule has 1 heterocycles. The molecule has 0 spiro atoms. The lowest BCUT2D eigenvalue weighted by atomic mass is 10.4. The zero-order valence-corrected chi connectivity index (χ0v) is 12.8. The van der Waals surface area contributed by atoms with Gasteiger partial charge in [-0.3, -0.25) is 4.79 Å². The third-order valence-electron chi connectivity index (χ3n) is 2.50. The van der Waals surface area contributed by atoms with Crippen molar-refractivity contribution in [2.24, 2.45) is 0 Å². The van der Waals surface area contributed by atoms with E-state index in [1.807, 2.05) is 18.7 Å². The summed E-state index contributed by atoms with van der Waals surface area (Å²) in [6.45, 7) is 5.27. The highest BCUT2D eigenvalue weighted by molar-refractivity contribution is 8.03. The van der Waals surface area contributed by atoms with E-state index in [1.54, 1.807) is 11.8 Å². The molecule has 108 valence electrons. The van der Waals surface area contributed by atoms with Gasteiger partial charge in [-0.15, -0.1) is 11.8 Å². The number of hydrogen-bond acceptors (Lipinski definition) is 6. The van der Waals surface area contributed by atoms with E-state index < -0.39 is 10.9 Å². The maximum atomic E-state index is 11.7. The van der Waals surface area contributed by atoms with Crippen molar-refractivity contribution in [2.75, 3.05) is 23.9 Å². The summed E-state index contributed by atoms with van der Waals surface area (Å²) in [6.07, 6.45) is 3.54. The quantitative estimate of drug-likeness (QED) is 0.575. The second-order valence-corrected chi connectivity index (χ2v) is 7.00. The molecular weight excluding hydrogens is 284 g/mol. The molecule has 0 aromatic heterocycles. The molecule has 0 aromatic carbocycles. The Balaban J connectivity index is 2.32. The summed E-state index contributed by atoms with van der Waals surface area (Å²) in [5.74, 6) is 2.08. The summed E-state index contributed by atoms with van der Waals surface area (Å²) >= 11 is 3.50. The molecule has 0 radical (unpaired) electrons. The van der Waals surface area contributed by atoms with Crippen molar-refractivity contribution in [3.8, 4) is 0 Å². The van der Waals surface area contributed by atoms with Gasteiger partial charge in [0.25, 0.3) is 0 Å². The minimum Gasteiger partial charge on any atom is -0.462 e. The lowest BCUT2D eigenvalue weighted by Crippen LogP contribution is -2.32. The van der Waals surface area contributed by atoms with Gasteiger partial charge in [-0.2, -0.15) is 11.8 Å². The summed E-state index contributed by atoms with van der Waals surface area (Å²) in [5.41, 5.74) is 0. The van der Waals surface area contributed by atoms with Crippen LogP contribution in [0.15, 0.2) is 12.7 Å². The molecule has 1 fully saturated rings. The molecule has 4 nitrogen and oxygen atoms in total. The van der Waals surface area contributed by atoms with Gasteiger partial charge in [-0.1, -0.05) is 6.58 Å². The number of thioether (sulfide) groups is 2. The summed E-state index contributed by atoms with van der Waals surface area (Å²) in [5, 5.41) is 0. The molecule has 1 atom stereocenters. The van der Waals surface area contributed by atoms with Crippen LogP contribution in [0, 0.1) is 0 Å². The van der Waals surface area contributed by atoms with E-state index in [1.165, 1.54) is 6.42 Å². The molecule has 0 aliphatic carbocycles. The Morgan fingerprint density at radius 2 is 2.11 bits per heavy atom. The monoisotopic (exact) mass is 304 g/mol. The molecule has 0 saturated carbocycles. The Kier molecular flexibility index (Phi) is 7.38. The van der Waals surface area contributed by atoms with Gasteiger partial charge in [0.15, 0.2) is 4.93 Å². The Morgan fingerprint density at radius 3 is 2.84 bits per heavy atom. The molecular formula is C13H20O4S2. The first kappa shape index (κ1) is 16.4. The zero-order chi connectivity index (χ0) is 14.1. The van der Waals surface area contributed by atoms with Gasteiger partial charge in [0.1, 0.15) is 6.61 Å². The van der Waals surface area contributed by atoms with Crippen molar-refractivity contribution in [3.63, 3.8) is 0 Å². The number of rotatable bonds is 5. The first-order valence-electron chi connectivity index (χ1n) is 6.28. The van der Waals surface area contributed by atoms with Crippen LogP contribution in [0.1, 0.15) is 26.2 Å². The van der Waals surface area contributed by atoms with Crippen molar-refractivity contribution in [2.45, 2.75) is 31.1 Å². The van der Waals surface area contributed by atoms with Crippen molar-refractivity contribution >= 4 is 35.5 Å². The van der Waals surface area contributed by atoms with Gasteiger partial charge in [0, 0.05) is 11.8 Å². The van der Waals surface area contributed by atoms with Crippen LogP contribution in [0.25, 0.3) is 0 Å². The predicted molar refractivity (Wildman–Crippen MR) is 79.3 cm³/mol. The second-order valence-electron chi connectivity index (χ2n) is 4.34. The van der Waals surface area contributed by atoms with Crippen LogP contribution in [0.2, 0.25) is 0 Å². The standard InChI is InChI=1S/C13H20O4S2/c1-3-11(14)16-7-6-12(15)17-13(2)10-18-8-4-5-9-19-13/h3H,1,4-10H2,2H3. The molecule has 1 aliphatic heterocycles. The van der Waals surface area contributed by atoms with E-state index in [-0.39, 0.29) is 19.0 Å². The van der Waals surface area contributed by atoms with Crippen LogP contribution >= 0.6 is 23.5 Å². The minimum atomic E-state index is -0.519. The van der Waals surface area contributed by atoms with E-state index in [4.69, 9.17) is 9.47 Å². The lowest BCUT2D eigenvalue weighted by Gasteiger charge is -2.30. The fourth-order valence-corrected chi connectivity index (χ4v) is 4.04. The first-order chi connectivity index (χ1) is 9.06. The van der Waals surface area contributed by atoms with Gasteiger partial charge in [-0.05, 0) is 31.3 Å². The third-order valence-corrected chi connectivity index (χ3v) is 5.35. The minimum absolute atomic E-state index is 0.0393. The average molecular weight is 304 g/mol. The number of esters is 2. The van der Waals surface area contributed by atoms with Crippen molar-refractivity contribution < 1.29 is 19.1 Å².